The molecule has 188 valence electrons. The number of aryl methyl sites for hydroxylation is 1. The largest absolute Gasteiger partial charge is 0.361 e. The first-order valence-electron chi connectivity index (χ1n) is 12.6. The number of hydrogen-bond acceptors (Lipinski definition) is 6. The summed E-state index contributed by atoms with van der Waals surface area (Å²) in [6.07, 6.45) is 14.2. The lowest BCUT2D eigenvalue weighted by Crippen LogP contribution is -2.18. The van der Waals surface area contributed by atoms with Gasteiger partial charge in [0.15, 0.2) is 0 Å². The van der Waals surface area contributed by atoms with Gasteiger partial charge in [0.1, 0.15) is 0 Å². The molecular formula is C27H50N6. The maximum Gasteiger partial charge on any atom is 0.0851 e. The van der Waals surface area contributed by atoms with Crippen molar-refractivity contribution >= 4 is 18.3 Å². The Bertz CT molecular complexity index is 613. The van der Waals surface area contributed by atoms with Crippen molar-refractivity contribution in [2.24, 2.45) is 15.1 Å². The molecule has 0 aromatic carbocycles. The molecule has 0 saturated heterocycles. The Hall–Kier alpha value is -2.50. The minimum atomic E-state index is 0.994. The zero-order chi connectivity index (χ0) is 25.2. The van der Waals surface area contributed by atoms with E-state index in [4.69, 9.17) is 0 Å². The Kier molecular flexibility index (Phi) is 25.5. The van der Waals surface area contributed by atoms with E-state index in [1.165, 1.54) is 18.6 Å². The SMILES string of the molecule is CC1=NC=CC1.CCC.CCC.CCN1C=NCC1.CCN1CCC=N1.Cc1ccccn1. The maximum absolute atomic E-state index is 4.06. The van der Waals surface area contributed by atoms with Gasteiger partial charge in [0.05, 0.1) is 12.9 Å². The molecular weight excluding hydrogens is 408 g/mol. The van der Waals surface area contributed by atoms with Crippen LogP contribution in [0.4, 0.5) is 0 Å². The number of pyridine rings is 1. The first kappa shape index (κ1) is 32.7. The van der Waals surface area contributed by atoms with Crippen LogP contribution in [0.3, 0.4) is 0 Å². The molecule has 0 N–H and O–H groups in total. The summed E-state index contributed by atoms with van der Waals surface area (Å²) < 4.78 is 0. The number of aliphatic imine (C=N–C) groups is 2. The molecule has 0 amide bonds. The number of hydrogen-bond donors (Lipinski definition) is 0. The predicted molar refractivity (Wildman–Crippen MR) is 149 cm³/mol. The van der Waals surface area contributed by atoms with Gasteiger partial charge in [0, 0.05) is 69.0 Å². The number of aromatic nitrogens is 1. The summed E-state index contributed by atoms with van der Waals surface area (Å²) in [5.74, 6) is 0. The van der Waals surface area contributed by atoms with E-state index < -0.39 is 0 Å². The summed E-state index contributed by atoms with van der Waals surface area (Å²) in [4.78, 5) is 14.2. The molecule has 4 heterocycles. The lowest BCUT2D eigenvalue weighted by Gasteiger charge is -2.07. The smallest absolute Gasteiger partial charge is 0.0851 e. The molecule has 6 heteroatoms. The molecule has 0 radical (unpaired) electrons. The topological polar surface area (TPSA) is 56.5 Å². The van der Waals surface area contributed by atoms with Gasteiger partial charge < -0.3 is 4.90 Å². The molecule has 4 rings (SSSR count). The van der Waals surface area contributed by atoms with Gasteiger partial charge >= 0.3 is 0 Å². The molecule has 0 spiro atoms. The van der Waals surface area contributed by atoms with Gasteiger partial charge in [-0.25, -0.2) is 0 Å². The van der Waals surface area contributed by atoms with E-state index in [0.29, 0.717) is 0 Å². The first-order valence-corrected chi connectivity index (χ1v) is 12.6. The Morgan fingerprint density at radius 3 is 1.82 bits per heavy atom. The Labute approximate surface area is 204 Å². The van der Waals surface area contributed by atoms with Crippen LogP contribution in [0.2, 0.25) is 0 Å². The van der Waals surface area contributed by atoms with Crippen LogP contribution >= 0.6 is 0 Å². The monoisotopic (exact) mass is 458 g/mol. The van der Waals surface area contributed by atoms with Crippen LogP contribution in [0, 0.1) is 6.92 Å². The Morgan fingerprint density at radius 2 is 1.61 bits per heavy atom. The second-order valence-electron chi connectivity index (χ2n) is 7.62. The van der Waals surface area contributed by atoms with Crippen LogP contribution in [-0.4, -0.2) is 65.9 Å². The van der Waals surface area contributed by atoms with Crippen molar-refractivity contribution < 1.29 is 0 Å². The van der Waals surface area contributed by atoms with Gasteiger partial charge in [-0.3, -0.25) is 20.0 Å². The lowest BCUT2D eigenvalue weighted by molar-refractivity contribution is 0.337. The fourth-order valence-electron chi connectivity index (χ4n) is 2.24. The van der Waals surface area contributed by atoms with Crippen molar-refractivity contribution in [3.05, 3.63) is 42.4 Å². The lowest BCUT2D eigenvalue weighted by atomic mass is 10.3. The van der Waals surface area contributed by atoms with Crippen molar-refractivity contribution in [2.45, 2.75) is 81.1 Å². The quantitative estimate of drug-likeness (QED) is 0.499. The van der Waals surface area contributed by atoms with Gasteiger partial charge in [-0.2, -0.15) is 5.10 Å². The van der Waals surface area contributed by atoms with Gasteiger partial charge in [-0.15, -0.1) is 0 Å². The van der Waals surface area contributed by atoms with E-state index >= 15 is 0 Å². The highest BCUT2D eigenvalue weighted by molar-refractivity contribution is 5.85. The molecule has 0 atom stereocenters. The molecule has 0 saturated carbocycles. The molecule has 33 heavy (non-hydrogen) atoms. The average Bonchev–Trinajstić information content (AvgIpc) is 3.60. The zero-order valence-electron chi connectivity index (χ0n) is 22.7. The molecule has 3 aliphatic rings. The Morgan fingerprint density at radius 1 is 0.909 bits per heavy atom. The van der Waals surface area contributed by atoms with Crippen molar-refractivity contribution in [3.63, 3.8) is 0 Å². The molecule has 0 fully saturated rings. The highest BCUT2D eigenvalue weighted by Crippen LogP contribution is 1.97. The van der Waals surface area contributed by atoms with Gasteiger partial charge in [-0.05, 0) is 39.8 Å². The summed E-state index contributed by atoms with van der Waals surface area (Å²) >= 11 is 0. The van der Waals surface area contributed by atoms with E-state index in [0.717, 1.165) is 51.3 Å². The summed E-state index contributed by atoms with van der Waals surface area (Å²) in [6.45, 7) is 22.1. The fourth-order valence-corrected chi connectivity index (χ4v) is 2.24. The predicted octanol–water partition coefficient (Wildman–Crippen LogP) is 6.64. The molecule has 6 nitrogen and oxygen atoms in total. The second-order valence-corrected chi connectivity index (χ2v) is 7.62. The van der Waals surface area contributed by atoms with Gasteiger partial charge in [0.2, 0.25) is 0 Å². The van der Waals surface area contributed by atoms with E-state index in [2.05, 4.69) is 77.6 Å². The van der Waals surface area contributed by atoms with Crippen molar-refractivity contribution in [2.75, 3.05) is 32.7 Å². The van der Waals surface area contributed by atoms with E-state index in [-0.39, 0.29) is 0 Å². The van der Waals surface area contributed by atoms with E-state index in [9.17, 15) is 0 Å². The molecule has 1 aromatic rings. The maximum atomic E-state index is 4.06. The standard InChI is InChI=1S/C6H7N.2C5H10N2.C5H7N.2C3H8/c1-6-4-2-3-5-7-6;1-2-7-4-3-6-5-7;1-2-7-5-3-4-6-7;1-5-3-2-4-6-5;2*1-3-2/h2-5H,1H3;5H,2-4H2,1H3;4H,2-3,5H2,1H3;2,4H,3H2,1H3;2*3H2,1-2H3. The summed E-state index contributed by atoms with van der Waals surface area (Å²) in [5, 5.41) is 6.12. The minimum Gasteiger partial charge on any atom is -0.361 e. The number of allylic oxidation sites excluding steroid dienone is 1. The number of likely N-dealkylation sites (N-methyl/N-ethyl adjacent to an activating group) is 1. The van der Waals surface area contributed by atoms with Crippen LogP contribution in [0.15, 0.2) is 51.8 Å². The highest BCUT2D eigenvalue weighted by atomic mass is 15.5. The summed E-state index contributed by atoms with van der Waals surface area (Å²) in [6, 6.07) is 5.86. The van der Waals surface area contributed by atoms with Crippen molar-refractivity contribution in [3.8, 4) is 0 Å². The molecule has 0 bridgehead atoms. The van der Waals surface area contributed by atoms with Crippen molar-refractivity contribution in [1.82, 2.24) is 14.9 Å². The van der Waals surface area contributed by atoms with E-state index in [1.807, 2.05) is 50.8 Å². The van der Waals surface area contributed by atoms with Crippen LogP contribution in [0.25, 0.3) is 0 Å². The molecule has 1 aromatic heterocycles. The van der Waals surface area contributed by atoms with Gasteiger partial charge in [-0.1, -0.05) is 52.7 Å². The van der Waals surface area contributed by atoms with Crippen LogP contribution in [0.5, 0.6) is 0 Å². The average molecular weight is 459 g/mol. The Balaban J connectivity index is 0. The third kappa shape index (κ3) is 24.0. The number of hydrazone groups is 1. The van der Waals surface area contributed by atoms with E-state index in [1.54, 1.807) is 6.20 Å². The highest BCUT2D eigenvalue weighted by Gasteiger charge is 1.99. The number of nitrogens with zero attached hydrogens (tertiary/aromatic N) is 6. The number of rotatable bonds is 2. The molecule has 3 aliphatic heterocycles. The zero-order valence-corrected chi connectivity index (χ0v) is 22.7. The molecule has 0 aliphatic carbocycles. The first-order chi connectivity index (χ1) is 16.0. The third-order valence-electron chi connectivity index (χ3n) is 3.92. The fraction of sp³-hybridized carbons (Fsp3) is 0.630. The third-order valence-corrected chi connectivity index (χ3v) is 3.92. The van der Waals surface area contributed by atoms with Crippen LogP contribution in [-0.2, 0) is 0 Å². The minimum absolute atomic E-state index is 0.994. The van der Waals surface area contributed by atoms with Crippen molar-refractivity contribution in [1.29, 1.82) is 0 Å². The normalized spacial score (nSPS) is 14.2. The summed E-state index contributed by atoms with van der Waals surface area (Å²) in [5.41, 5.74) is 2.29. The molecule has 0 unspecified atom stereocenters. The summed E-state index contributed by atoms with van der Waals surface area (Å²) in [7, 11) is 0. The van der Waals surface area contributed by atoms with Crippen LogP contribution in [0.1, 0.15) is 79.8 Å². The van der Waals surface area contributed by atoms with Crippen LogP contribution < -0.4 is 0 Å². The second kappa shape index (κ2) is 25.8. The van der Waals surface area contributed by atoms with Gasteiger partial charge in [0.25, 0.3) is 0 Å².